The topological polar surface area (TPSA) is 43.8 Å². The first-order valence-corrected chi connectivity index (χ1v) is 7.08. The average molecular weight is 277 g/mol. The van der Waals surface area contributed by atoms with Crippen LogP contribution in [-0.2, 0) is 6.42 Å². The van der Waals surface area contributed by atoms with Crippen molar-refractivity contribution in [2.75, 3.05) is 5.73 Å². The molecule has 21 heavy (non-hydrogen) atoms. The van der Waals surface area contributed by atoms with Crippen molar-refractivity contribution < 1.29 is 0 Å². The zero-order valence-electron chi connectivity index (χ0n) is 12.4. The Morgan fingerprint density at radius 2 is 1.90 bits per heavy atom. The highest BCUT2D eigenvalue weighted by molar-refractivity contribution is 5.55. The van der Waals surface area contributed by atoms with Gasteiger partial charge < -0.3 is 5.73 Å². The van der Waals surface area contributed by atoms with Gasteiger partial charge in [-0.25, -0.2) is 4.68 Å². The number of rotatable bonds is 3. The molecule has 0 atom stereocenters. The van der Waals surface area contributed by atoms with Crippen molar-refractivity contribution in [1.82, 2.24) is 9.78 Å². The van der Waals surface area contributed by atoms with Crippen molar-refractivity contribution in [3.8, 4) is 5.69 Å². The third kappa shape index (κ3) is 2.68. The molecule has 0 unspecified atom stereocenters. The minimum atomic E-state index is 0.809. The molecule has 0 fully saturated rings. The highest BCUT2D eigenvalue weighted by Crippen LogP contribution is 2.22. The standard InChI is InChI=1S/C18H19N3/c1-13-5-3-6-15(14(13)2)11-16-7-8-17(12-18(16)19)21-10-4-9-20-21/h3-10,12H,11,19H2,1-2H3. The van der Waals surface area contributed by atoms with Gasteiger partial charge >= 0.3 is 0 Å². The van der Waals surface area contributed by atoms with Crippen molar-refractivity contribution in [3.05, 3.63) is 77.1 Å². The van der Waals surface area contributed by atoms with E-state index in [0.717, 1.165) is 23.4 Å². The Kier molecular flexibility index (Phi) is 3.48. The van der Waals surface area contributed by atoms with Gasteiger partial charge in [0.25, 0.3) is 0 Å². The molecule has 0 saturated heterocycles. The van der Waals surface area contributed by atoms with Gasteiger partial charge in [0, 0.05) is 18.1 Å². The maximum atomic E-state index is 6.22. The largest absolute Gasteiger partial charge is 0.398 e. The molecule has 2 N–H and O–H groups in total. The van der Waals surface area contributed by atoms with E-state index in [0.29, 0.717) is 0 Å². The van der Waals surface area contributed by atoms with E-state index < -0.39 is 0 Å². The van der Waals surface area contributed by atoms with Gasteiger partial charge in [0.1, 0.15) is 0 Å². The van der Waals surface area contributed by atoms with Gasteiger partial charge in [-0.3, -0.25) is 0 Å². The van der Waals surface area contributed by atoms with Crippen LogP contribution in [0.5, 0.6) is 0 Å². The number of aryl methyl sites for hydroxylation is 1. The lowest BCUT2D eigenvalue weighted by atomic mass is 9.96. The predicted octanol–water partition coefficient (Wildman–Crippen LogP) is 3.66. The van der Waals surface area contributed by atoms with E-state index in [2.05, 4.69) is 49.3 Å². The van der Waals surface area contributed by atoms with Gasteiger partial charge in [-0.15, -0.1) is 0 Å². The number of benzene rings is 2. The van der Waals surface area contributed by atoms with E-state index in [9.17, 15) is 0 Å². The lowest BCUT2D eigenvalue weighted by Crippen LogP contribution is -2.01. The molecule has 0 spiro atoms. The molecule has 0 radical (unpaired) electrons. The summed E-state index contributed by atoms with van der Waals surface area (Å²) in [6, 6.07) is 14.4. The zero-order chi connectivity index (χ0) is 14.8. The fourth-order valence-corrected chi connectivity index (χ4v) is 2.52. The molecular formula is C18H19N3. The smallest absolute Gasteiger partial charge is 0.0666 e. The summed E-state index contributed by atoms with van der Waals surface area (Å²) < 4.78 is 1.82. The lowest BCUT2D eigenvalue weighted by Gasteiger charge is -2.12. The first-order chi connectivity index (χ1) is 10.1. The SMILES string of the molecule is Cc1cccc(Cc2ccc(-n3cccn3)cc2N)c1C. The van der Waals surface area contributed by atoms with Crippen molar-refractivity contribution in [3.63, 3.8) is 0 Å². The van der Waals surface area contributed by atoms with Crippen LogP contribution >= 0.6 is 0 Å². The number of nitrogens with two attached hydrogens (primary N) is 1. The second-order valence-corrected chi connectivity index (χ2v) is 5.37. The molecule has 0 bridgehead atoms. The van der Waals surface area contributed by atoms with Crippen LogP contribution in [0.1, 0.15) is 22.3 Å². The molecule has 2 aromatic carbocycles. The van der Waals surface area contributed by atoms with E-state index in [4.69, 9.17) is 5.73 Å². The van der Waals surface area contributed by atoms with Crippen molar-refractivity contribution >= 4 is 5.69 Å². The Bertz CT molecular complexity index is 758. The maximum Gasteiger partial charge on any atom is 0.0666 e. The first-order valence-electron chi connectivity index (χ1n) is 7.08. The van der Waals surface area contributed by atoms with Crippen LogP contribution in [0.3, 0.4) is 0 Å². The summed E-state index contributed by atoms with van der Waals surface area (Å²) in [5.74, 6) is 0. The van der Waals surface area contributed by atoms with Gasteiger partial charge in [0.15, 0.2) is 0 Å². The summed E-state index contributed by atoms with van der Waals surface area (Å²) in [5.41, 5.74) is 13.2. The normalized spacial score (nSPS) is 10.8. The number of aromatic nitrogens is 2. The Morgan fingerprint density at radius 3 is 2.62 bits per heavy atom. The second kappa shape index (κ2) is 5.44. The average Bonchev–Trinajstić information content (AvgIpc) is 3.00. The lowest BCUT2D eigenvalue weighted by molar-refractivity contribution is 0.880. The second-order valence-electron chi connectivity index (χ2n) is 5.37. The van der Waals surface area contributed by atoms with Crippen molar-refractivity contribution in [1.29, 1.82) is 0 Å². The quantitative estimate of drug-likeness (QED) is 0.742. The number of nitrogen functional groups attached to an aromatic ring is 1. The minimum Gasteiger partial charge on any atom is -0.398 e. The molecule has 0 saturated carbocycles. The number of nitrogens with zero attached hydrogens (tertiary/aromatic N) is 2. The number of anilines is 1. The van der Waals surface area contributed by atoms with Crippen molar-refractivity contribution in [2.45, 2.75) is 20.3 Å². The number of hydrogen-bond donors (Lipinski definition) is 1. The maximum absolute atomic E-state index is 6.22. The molecule has 3 aromatic rings. The van der Waals surface area contributed by atoms with Gasteiger partial charge in [-0.1, -0.05) is 24.3 Å². The fraction of sp³-hybridized carbons (Fsp3) is 0.167. The highest BCUT2D eigenvalue weighted by Gasteiger charge is 2.06. The third-order valence-corrected chi connectivity index (χ3v) is 4.00. The molecule has 0 aliphatic rings. The van der Waals surface area contributed by atoms with E-state index in [1.165, 1.54) is 16.7 Å². The molecule has 1 aromatic heterocycles. The van der Waals surface area contributed by atoms with Gasteiger partial charge in [0.2, 0.25) is 0 Å². The van der Waals surface area contributed by atoms with Crippen molar-refractivity contribution in [2.24, 2.45) is 0 Å². The van der Waals surface area contributed by atoms with Crippen LogP contribution in [0.2, 0.25) is 0 Å². The molecule has 3 rings (SSSR count). The van der Waals surface area contributed by atoms with Crippen LogP contribution in [0.4, 0.5) is 5.69 Å². The third-order valence-electron chi connectivity index (χ3n) is 4.00. The summed E-state index contributed by atoms with van der Waals surface area (Å²) in [6.45, 7) is 4.31. The molecule has 3 heteroatoms. The molecule has 0 aliphatic carbocycles. The predicted molar refractivity (Wildman–Crippen MR) is 86.7 cm³/mol. The Labute approximate surface area is 125 Å². The Balaban J connectivity index is 1.92. The zero-order valence-corrected chi connectivity index (χ0v) is 12.4. The first kappa shape index (κ1) is 13.4. The van der Waals surface area contributed by atoms with E-state index >= 15 is 0 Å². The van der Waals surface area contributed by atoms with E-state index in [1.807, 2.05) is 23.0 Å². The van der Waals surface area contributed by atoms with Crippen LogP contribution < -0.4 is 5.73 Å². The summed E-state index contributed by atoms with van der Waals surface area (Å²) in [7, 11) is 0. The summed E-state index contributed by atoms with van der Waals surface area (Å²) in [5, 5.41) is 4.23. The van der Waals surface area contributed by atoms with Crippen LogP contribution in [0.15, 0.2) is 54.9 Å². The molecule has 106 valence electrons. The van der Waals surface area contributed by atoms with Gasteiger partial charge in [0.05, 0.1) is 5.69 Å². The minimum absolute atomic E-state index is 0.809. The highest BCUT2D eigenvalue weighted by atomic mass is 15.3. The number of hydrogen-bond acceptors (Lipinski definition) is 2. The van der Waals surface area contributed by atoms with Crippen LogP contribution in [0.25, 0.3) is 5.69 Å². The Morgan fingerprint density at radius 1 is 1.05 bits per heavy atom. The van der Waals surface area contributed by atoms with Gasteiger partial charge in [-0.2, -0.15) is 5.10 Å². The monoisotopic (exact) mass is 277 g/mol. The van der Waals surface area contributed by atoms with Gasteiger partial charge in [-0.05, 0) is 60.7 Å². The molecule has 3 nitrogen and oxygen atoms in total. The van der Waals surface area contributed by atoms with Crippen LogP contribution in [0, 0.1) is 13.8 Å². The molecule has 0 amide bonds. The van der Waals surface area contributed by atoms with Crippen LogP contribution in [-0.4, -0.2) is 9.78 Å². The summed E-state index contributed by atoms with van der Waals surface area (Å²) >= 11 is 0. The molecule has 1 heterocycles. The van der Waals surface area contributed by atoms with E-state index in [-0.39, 0.29) is 0 Å². The molecule has 0 aliphatic heterocycles. The van der Waals surface area contributed by atoms with E-state index in [1.54, 1.807) is 6.20 Å². The summed E-state index contributed by atoms with van der Waals surface area (Å²) in [4.78, 5) is 0. The Hall–Kier alpha value is -2.55. The summed E-state index contributed by atoms with van der Waals surface area (Å²) in [6.07, 6.45) is 4.54. The fourth-order valence-electron chi connectivity index (χ4n) is 2.52. The molecular weight excluding hydrogens is 258 g/mol.